The van der Waals surface area contributed by atoms with Crippen LogP contribution in [0.1, 0.15) is 40.9 Å². The van der Waals surface area contributed by atoms with Gasteiger partial charge in [0.15, 0.2) is 0 Å². The van der Waals surface area contributed by atoms with E-state index in [1.54, 1.807) is 67.4 Å². The largest absolute Gasteiger partial charge is 0.335 e. The lowest BCUT2D eigenvalue weighted by Crippen LogP contribution is -2.45. The maximum Gasteiger partial charge on any atom is 0.296 e. The first-order valence-electron chi connectivity index (χ1n) is 13.4. The summed E-state index contributed by atoms with van der Waals surface area (Å²) in [5, 5.41) is -0.406. The molecule has 1 aliphatic rings. The van der Waals surface area contributed by atoms with Crippen molar-refractivity contribution in [2.45, 2.75) is 43.5 Å². The van der Waals surface area contributed by atoms with Gasteiger partial charge >= 0.3 is 0 Å². The number of likely N-dealkylation sites (tertiary alicyclic amines) is 1. The zero-order valence-corrected chi connectivity index (χ0v) is 25.3. The summed E-state index contributed by atoms with van der Waals surface area (Å²) in [5.74, 6) is -0.777. The van der Waals surface area contributed by atoms with Crippen molar-refractivity contribution in [3.63, 3.8) is 0 Å². The molecule has 0 radical (unpaired) electrons. The number of amides is 1. The molecule has 4 aromatic rings. The fourth-order valence-corrected chi connectivity index (χ4v) is 7.25. The van der Waals surface area contributed by atoms with Crippen molar-refractivity contribution in [1.29, 1.82) is 0 Å². The van der Waals surface area contributed by atoms with E-state index in [2.05, 4.69) is 4.72 Å². The number of sulfonamides is 1. The number of nitrogens with one attached hydrogen (secondary N) is 1. The molecule has 0 aliphatic carbocycles. The Labute approximate surface area is 253 Å². The summed E-state index contributed by atoms with van der Waals surface area (Å²) in [5.41, 5.74) is 0.708. The summed E-state index contributed by atoms with van der Waals surface area (Å²) in [6, 6.07) is 17.5. The molecule has 8 nitrogen and oxygen atoms in total. The molecule has 2 heterocycles. The standard InChI is InChI=1S/C30H29Cl2FN4O4S/c1-19-28(30(39)37(35(19)2)22-11-4-3-5-12-22)34-42(40,41)26-18-21(17-24(31)27(26)32)29(38)36-15-9-8-13-23(36)16-20-10-6-7-14-25(20)33/h3-7,10-12,14,17-18,23,34H,8-9,13,15-16H2,1-2H3. The minimum absolute atomic E-state index is 0.0247. The van der Waals surface area contributed by atoms with Gasteiger partial charge in [0, 0.05) is 25.2 Å². The van der Waals surface area contributed by atoms with Crippen LogP contribution in [-0.2, 0) is 23.5 Å². The van der Waals surface area contributed by atoms with Crippen molar-refractivity contribution in [1.82, 2.24) is 14.3 Å². The highest BCUT2D eigenvalue weighted by Gasteiger charge is 2.31. The van der Waals surface area contributed by atoms with Crippen LogP contribution in [0.3, 0.4) is 0 Å². The number of piperidine rings is 1. The van der Waals surface area contributed by atoms with Crippen LogP contribution in [0.2, 0.25) is 10.0 Å². The van der Waals surface area contributed by atoms with E-state index < -0.39 is 26.4 Å². The average molecular weight is 632 g/mol. The Balaban J connectivity index is 1.48. The Morgan fingerprint density at radius 3 is 2.45 bits per heavy atom. The quantitative estimate of drug-likeness (QED) is 0.272. The summed E-state index contributed by atoms with van der Waals surface area (Å²) >= 11 is 12.7. The number of carbonyl (C=O) groups excluding carboxylic acids is 1. The Hall–Kier alpha value is -3.60. The Morgan fingerprint density at radius 1 is 1.05 bits per heavy atom. The summed E-state index contributed by atoms with van der Waals surface area (Å²) in [6.45, 7) is 2.04. The molecule has 1 amide bonds. The molecule has 12 heteroatoms. The van der Waals surface area contributed by atoms with E-state index in [-0.39, 0.29) is 33.2 Å². The SMILES string of the molecule is Cc1c(NS(=O)(=O)c2cc(C(=O)N3CCCCC3Cc3ccccc3F)cc(Cl)c2Cl)c(=O)n(-c2ccccc2)n1C. The Morgan fingerprint density at radius 2 is 1.74 bits per heavy atom. The van der Waals surface area contributed by atoms with Gasteiger partial charge in [0.25, 0.3) is 21.5 Å². The van der Waals surface area contributed by atoms with Crippen LogP contribution in [0, 0.1) is 12.7 Å². The lowest BCUT2D eigenvalue weighted by atomic mass is 9.94. The molecular weight excluding hydrogens is 602 g/mol. The van der Waals surface area contributed by atoms with Crippen molar-refractivity contribution in [2.75, 3.05) is 11.3 Å². The van der Waals surface area contributed by atoms with E-state index in [1.807, 2.05) is 0 Å². The van der Waals surface area contributed by atoms with E-state index in [9.17, 15) is 22.4 Å². The molecule has 1 fully saturated rings. The van der Waals surface area contributed by atoms with Gasteiger partial charge in [0.05, 0.1) is 21.4 Å². The first-order chi connectivity index (χ1) is 20.0. The summed E-state index contributed by atoms with van der Waals surface area (Å²) in [7, 11) is -2.83. The lowest BCUT2D eigenvalue weighted by molar-refractivity contribution is 0.0612. The van der Waals surface area contributed by atoms with E-state index >= 15 is 0 Å². The highest BCUT2D eigenvalue weighted by atomic mass is 35.5. The third-order valence-corrected chi connectivity index (χ3v) is 9.91. The highest BCUT2D eigenvalue weighted by molar-refractivity contribution is 7.92. The van der Waals surface area contributed by atoms with Gasteiger partial charge in [0.1, 0.15) is 16.4 Å². The summed E-state index contributed by atoms with van der Waals surface area (Å²) < 4.78 is 47.0. The minimum Gasteiger partial charge on any atom is -0.335 e. The van der Waals surface area contributed by atoms with Crippen LogP contribution in [0.5, 0.6) is 0 Å². The molecule has 220 valence electrons. The maximum atomic E-state index is 14.4. The van der Waals surface area contributed by atoms with Crippen LogP contribution in [0.15, 0.2) is 76.4 Å². The lowest BCUT2D eigenvalue weighted by Gasteiger charge is -2.36. The number of nitrogens with zero attached hydrogens (tertiary/aromatic N) is 3. The number of anilines is 1. The zero-order chi connectivity index (χ0) is 30.2. The van der Waals surface area contributed by atoms with Crippen LogP contribution in [-0.4, -0.2) is 41.2 Å². The Kier molecular flexibility index (Phi) is 8.50. The number of hydrogen-bond acceptors (Lipinski definition) is 4. The first kappa shape index (κ1) is 29.9. The number of halogens is 3. The van der Waals surface area contributed by atoms with E-state index in [4.69, 9.17) is 23.2 Å². The number of rotatable bonds is 7. The van der Waals surface area contributed by atoms with Gasteiger partial charge in [-0.3, -0.25) is 19.0 Å². The van der Waals surface area contributed by atoms with Gasteiger partial charge < -0.3 is 4.90 Å². The maximum absolute atomic E-state index is 14.4. The van der Waals surface area contributed by atoms with Crippen LogP contribution >= 0.6 is 23.2 Å². The number of benzene rings is 3. The van der Waals surface area contributed by atoms with E-state index in [0.717, 1.165) is 12.8 Å². The number of para-hydroxylation sites is 1. The number of hydrogen-bond donors (Lipinski definition) is 1. The molecular formula is C30H29Cl2FN4O4S. The zero-order valence-electron chi connectivity index (χ0n) is 23.0. The molecule has 1 N–H and O–H groups in total. The van der Waals surface area contributed by atoms with Crippen molar-refractivity contribution >= 4 is 44.8 Å². The molecule has 1 atom stereocenters. The summed E-state index contributed by atoms with van der Waals surface area (Å²) in [6.07, 6.45) is 2.64. The van der Waals surface area contributed by atoms with Crippen LogP contribution < -0.4 is 10.3 Å². The molecule has 3 aromatic carbocycles. The molecule has 5 rings (SSSR count). The number of aromatic nitrogens is 2. The van der Waals surface area contributed by atoms with E-state index in [0.29, 0.717) is 36.3 Å². The summed E-state index contributed by atoms with van der Waals surface area (Å²) in [4.78, 5) is 28.3. The molecule has 42 heavy (non-hydrogen) atoms. The van der Waals surface area contributed by atoms with Gasteiger partial charge in [-0.2, -0.15) is 0 Å². The van der Waals surface area contributed by atoms with Gasteiger partial charge in [0.2, 0.25) is 0 Å². The Bertz CT molecular complexity index is 1820. The van der Waals surface area contributed by atoms with Gasteiger partial charge in [-0.1, -0.05) is 59.6 Å². The number of carbonyl (C=O) groups is 1. The fraction of sp³-hybridized carbons (Fsp3) is 0.267. The second-order valence-corrected chi connectivity index (χ2v) is 12.7. The second kappa shape index (κ2) is 11.9. The minimum atomic E-state index is -4.46. The molecule has 0 spiro atoms. The second-order valence-electron chi connectivity index (χ2n) is 10.3. The predicted molar refractivity (Wildman–Crippen MR) is 162 cm³/mol. The average Bonchev–Trinajstić information content (AvgIpc) is 3.18. The van der Waals surface area contributed by atoms with Gasteiger partial charge in [-0.25, -0.2) is 17.5 Å². The molecule has 1 unspecified atom stereocenters. The molecule has 1 saturated heterocycles. The van der Waals surface area contributed by atoms with Crippen molar-refractivity contribution in [2.24, 2.45) is 7.05 Å². The third kappa shape index (κ3) is 5.71. The van der Waals surface area contributed by atoms with E-state index in [1.165, 1.54) is 27.6 Å². The first-order valence-corrected chi connectivity index (χ1v) is 15.6. The van der Waals surface area contributed by atoms with Gasteiger partial charge in [-0.15, -0.1) is 0 Å². The molecule has 0 saturated carbocycles. The topological polar surface area (TPSA) is 93.4 Å². The van der Waals surface area contributed by atoms with Crippen LogP contribution in [0.25, 0.3) is 5.69 Å². The molecule has 0 bridgehead atoms. The molecule has 1 aromatic heterocycles. The smallest absolute Gasteiger partial charge is 0.296 e. The van der Waals surface area contributed by atoms with Crippen molar-refractivity contribution in [3.05, 3.63) is 110 Å². The predicted octanol–water partition coefficient (Wildman–Crippen LogP) is 5.97. The van der Waals surface area contributed by atoms with Crippen molar-refractivity contribution < 1.29 is 17.6 Å². The molecule has 1 aliphatic heterocycles. The van der Waals surface area contributed by atoms with Gasteiger partial charge in [-0.05, 0) is 68.5 Å². The van der Waals surface area contributed by atoms with Crippen molar-refractivity contribution in [3.8, 4) is 5.69 Å². The third-order valence-electron chi connectivity index (χ3n) is 7.62. The van der Waals surface area contributed by atoms with Crippen LogP contribution in [0.4, 0.5) is 10.1 Å². The monoisotopic (exact) mass is 630 g/mol. The fourth-order valence-electron chi connectivity index (χ4n) is 5.32. The highest BCUT2D eigenvalue weighted by Crippen LogP contribution is 2.34. The normalized spacial score (nSPS) is 15.5.